The monoisotopic (exact) mass is 323 g/mol. The number of aromatic amines is 1. The summed E-state index contributed by atoms with van der Waals surface area (Å²) in [6.07, 6.45) is 3.31. The van der Waals surface area contributed by atoms with Gasteiger partial charge in [-0.05, 0) is 40.9 Å². The molecule has 0 unspecified atom stereocenters. The molecule has 2 aromatic heterocycles. The van der Waals surface area contributed by atoms with Crippen LogP contribution in [0.3, 0.4) is 0 Å². The predicted octanol–water partition coefficient (Wildman–Crippen LogP) is 2.48. The van der Waals surface area contributed by atoms with Gasteiger partial charge in [0.15, 0.2) is 0 Å². The molecule has 7 heteroatoms. The number of nitrogens with one attached hydrogen (secondary N) is 2. The van der Waals surface area contributed by atoms with E-state index in [9.17, 15) is 4.79 Å². The van der Waals surface area contributed by atoms with Crippen LogP contribution < -0.4 is 5.32 Å². The minimum Gasteiger partial charge on any atom is -0.318 e. The highest BCUT2D eigenvalue weighted by Gasteiger charge is 2.12. The summed E-state index contributed by atoms with van der Waals surface area (Å²) in [6.45, 7) is 3.94. The van der Waals surface area contributed by atoms with Gasteiger partial charge in [-0.1, -0.05) is 6.92 Å². The summed E-state index contributed by atoms with van der Waals surface area (Å²) in [5.74, 6) is 0.518. The maximum absolute atomic E-state index is 11.9. The third kappa shape index (κ3) is 3.37. The average molecular weight is 324 g/mol. The minimum absolute atomic E-state index is 0.143. The molecule has 2 N–H and O–H groups in total. The van der Waals surface area contributed by atoms with E-state index in [-0.39, 0.29) is 11.7 Å². The molecule has 2 heterocycles. The molecule has 0 aliphatic rings. The van der Waals surface area contributed by atoms with Crippen LogP contribution in [0.5, 0.6) is 0 Å². The molecule has 2 rings (SSSR count). The minimum atomic E-state index is -0.345. The zero-order valence-electron chi connectivity index (χ0n) is 10.7. The molecule has 0 fully saturated rings. The lowest BCUT2D eigenvalue weighted by molar-refractivity contribution is 0.101. The van der Waals surface area contributed by atoms with Crippen LogP contribution in [-0.4, -0.2) is 26.1 Å². The number of hydrogen-bond acceptors (Lipinski definition) is 4. The number of halogens is 1. The van der Waals surface area contributed by atoms with Gasteiger partial charge < -0.3 is 5.32 Å². The average Bonchev–Trinajstić information content (AvgIpc) is 2.83. The summed E-state index contributed by atoms with van der Waals surface area (Å²) < 4.78 is 0.758. The number of carbonyl (C=O) groups excluding carboxylic acids is 1. The van der Waals surface area contributed by atoms with Crippen LogP contribution in [0.25, 0.3) is 0 Å². The number of pyridine rings is 1. The largest absolute Gasteiger partial charge is 0.318 e. The van der Waals surface area contributed by atoms with Crippen molar-refractivity contribution in [2.45, 2.75) is 26.7 Å². The molecule has 0 saturated heterocycles. The fraction of sp³-hybridized carbons (Fsp3) is 0.333. The molecule has 0 atom stereocenters. The van der Waals surface area contributed by atoms with Gasteiger partial charge in [-0.2, -0.15) is 0 Å². The van der Waals surface area contributed by atoms with E-state index < -0.39 is 0 Å². The van der Waals surface area contributed by atoms with Crippen molar-refractivity contribution in [3.8, 4) is 0 Å². The standard InChI is InChI=1S/C12H14BrN5O/c1-3-4-9-16-11(18-17-9)12(19)15-8-5-7(2)10(13)14-6-8/h5-6H,3-4H2,1-2H3,(H,15,19)(H,16,17,18). The third-order valence-electron chi connectivity index (χ3n) is 2.49. The number of anilines is 1. The lowest BCUT2D eigenvalue weighted by Crippen LogP contribution is -2.14. The summed E-state index contributed by atoms with van der Waals surface area (Å²) in [5, 5.41) is 9.36. The maximum atomic E-state index is 11.9. The molecule has 0 aliphatic carbocycles. The molecule has 0 aliphatic heterocycles. The molecule has 0 radical (unpaired) electrons. The second-order valence-electron chi connectivity index (χ2n) is 4.14. The lowest BCUT2D eigenvalue weighted by atomic mass is 10.3. The molecule has 6 nitrogen and oxygen atoms in total. The number of aryl methyl sites for hydroxylation is 2. The van der Waals surface area contributed by atoms with Crippen molar-refractivity contribution in [3.63, 3.8) is 0 Å². The van der Waals surface area contributed by atoms with Gasteiger partial charge in [-0.3, -0.25) is 9.89 Å². The number of carbonyl (C=O) groups is 1. The number of amides is 1. The lowest BCUT2D eigenvalue weighted by Gasteiger charge is -2.04. The summed E-state index contributed by atoms with van der Waals surface area (Å²) >= 11 is 3.31. The Labute approximate surface area is 119 Å². The predicted molar refractivity (Wildman–Crippen MR) is 75.0 cm³/mol. The van der Waals surface area contributed by atoms with Crippen molar-refractivity contribution in [1.29, 1.82) is 0 Å². The number of aromatic nitrogens is 4. The van der Waals surface area contributed by atoms with E-state index in [2.05, 4.69) is 41.4 Å². The van der Waals surface area contributed by atoms with E-state index in [1.165, 1.54) is 0 Å². The molecule has 0 saturated carbocycles. The summed E-state index contributed by atoms with van der Waals surface area (Å²) in [7, 11) is 0. The zero-order chi connectivity index (χ0) is 13.8. The molecule has 19 heavy (non-hydrogen) atoms. The fourth-order valence-corrected chi connectivity index (χ4v) is 1.78. The molecule has 100 valence electrons. The van der Waals surface area contributed by atoms with E-state index in [1.807, 2.05) is 19.9 Å². The van der Waals surface area contributed by atoms with E-state index in [0.29, 0.717) is 5.69 Å². The Morgan fingerprint density at radius 1 is 1.53 bits per heavy atom. The first kappa shape index (κ1) is 13.7. The topological polar surface area (TPSA) is 83.6 Å². The smallest absolute Gasteiger partial charge is 0.295 e. The fourth-order valence-electron chi connectivity index (χ4n) is 1.56. The normalized spacial score (nSPS) is 10.5. The molecule has 2 aromatic rings. The second kappa shape index (κ2) is 5.92. The Kier molecular flexibility index (Phi) is 4.26. The van der Waals surface area contributed by atoms with E-state index in [0.717, 1.165) is 28.8 Å². The van der Waals surface area contributed by atoms with Crippen molar-refractivity contribution in [1.82, 2.24) is 20.2 Å². The van der Waals surface area contributed by atoms with Crippen LogP contribution in [0.15, 0.2) is 16.9 Å². The van der Waals surface area contributed by atoms with Gasteiger partial charge in [-0.15, -0.1) is 5.10 Å². The van der Waals surface area contributed by atoms with Gasteiger partial charge in [0, 0.05) is 6.42 Å². The van der Waals surface area contributed by atoms with Crippen LogP contribution in [0.2, 0.25) is 0 Å². The first-order valence-corrected chi connectivity index (χ1v) is 6.74. The van der Waals surface area contributed by atoms with Gasteiger partial charge >= 0.3 is 0 Å². The number of nitrogens with zero attached hydrogens (tertiary/aromatic N) is 3. The summed E-state index contributed by atoms with van der Waals surface area (Å²) in [4.78, 5) is 20.2. The summed E-state index contributed by atoms with van der Waals surface area (Å²) in [6, 6.07) is 1.83. The van der Waals surface area contributed by atoms with Crippen LogP contribution >= 0.6 is 15.9 Å². The molecule has 1 amide bonds. The van der Waals surface area contributed by atoms with Gasteiger partial charge in [0.1, 0.15) is 10.4 Å². The molecular formula is C12H14BrN5O. The van der Waals surface area contributed by atoms with Crippen molar-refractivity contribution >= 4 is 27.5 Å². The van der Waals surface area contributed by atoms with Gasteiger partial charge in [0.25, 0.3) is 5.91 Å². The SMILES string of the molecule is CCCc1nc(C(=O)Nc2cnc(Br)c(C)c2)n[nH]1. The Hall–Kier alpha value is -1.76. The Balaban J connectivity index is 2.09. The van der Waals surface area contributed by atoms with E-state index in [4.69, 9.17) is 0 Å². The van der Waals surface area contributed by atoms with Crippen LogP contribution in [0.1, 0.15) is 35.4 Å². The molecule has 0 spiro atoms. The molecular weight excluding hydrogens is 310 g/mol. The molecule has 0 bridgehead atoms. The van der Waals surface area contributed by atoms with E-state index in [1.54, 1.807) is 6.20 Å². The first-order chi connectivity index (χ1) is 9.10. The van der Waals surface area contributed by atoms with Crippen molar-refractivity contribution in [2.24, 2.45) is 0 Å². The van der Waals surface area contributed by atoms with E-state index >= 15 is 0 Å². The van der Waals surface area contributed by atoms with Gasteiger partial charge in [0.05, 0.1) is 11.9 Å². The Morgan fingerprint density at radius 2 is 2.32 bits per heavy atom. The number of H-pyrrole nitrogens is 1. The highest BCUT2D eigenvalue weighted by Crippen LogP contribution is 2.17. The zero-order valence-corrected chi connectivity index (χ0v) is 12.3. The van der Waals surface area contributed by atoms with Crippen LogP contribution in [0, 0.1) is 6.92 Å². The maximum Gasteiger partial charge on any atom is 0.295 e. The van der Waals surface area contributed by atoms with Crippen molar-refractivity contribution in [2.75, 3.05) is 5.32 Å². The third-order valence-corrected chi connectivity index (χ3v) is 3.32. The highest BCUT2D eigenvalue weighted by atomic mass is 79.9. The number of hydrogen-bond donors (Lipinski definition) is 2. The Morgan fingerprint density at radius 3 is 3.00 bits per heavy atom. The first-order valence-electron chi connectivity index (χ1n) is 5.95. The van der Waals surface area contributed by atoms with Crippen LogP contribution in [0.4, 0.5) is 5.69 Å². The summed E-state index contributed by atoms with van der Waals surface area (Å²) in [5.41, 5.74) is 1.56. The highest BCUT2D eigenvalue weighted by molar-refractivity contribution is 9.10. The van der Waals surface area contributed by atoms with Crippen molar-refractivity contribution < 1.29 is 4.79 Å². The van der Waals surface area contributed by atoms with Crippen LogP contribution in [-0.2, 0) is 6.42 Å². The number of rotatable bonds is 4. The second-order valence-corrected chi connectivity index (χ2v) is 4.89. The molecule has 0 aromatic carbocycles. The quantitative estimate of drug-likeness (QED) is 0.846. The Bertz CT molecular complexity index is 596. The van der Waals surface area contributed by atoms with Gasteiger partial charge in [-0.25, -0.2) is 9.97 Å². The van der Waals surface area contributed by atoms with Gasteiger partial charge in [0.2, 0.25) is 5.82 Å². The van der Waals surface area contributed by atoms with Crippen molar-refractivity contribution in [3.05, 3.63) is 34.1 Å².